The maximum atomic E-state index is 13.7. The molecule has 1 aromatic heterocycles. The van der Waals surface area contributed by atoms with Crippen LogP contribution in [0.4, 0.5) is 9.59 Å². The molecule has 2 heterocycles. The van der Waals surface area contributed by atoms with Gasteiger partial charge in [-0.15, -0.1) is 5.10 Å². The van der Waals surface area contributed by atoms with Crippen molar-refractivity contribution in [2.75, 3.05) is 6.61 Å². The maximum Gasteiger partial charge on any atom is 0.408 e. The van der Waals surface area contributed by atoms with E-state index in [1.165, 1.54) is 0 Å². The molecular formula is C34H42N6O11. The second-order valence-electron chi connectivity index (χ2n) is 12.3. The first-order valence-electron chi connectivity index (χ1n) is 16.2. The van der Waals surface area contributed by atoms with Gasteiger partial charge in [0.05, 0.1) is 6.61 Å². The van der Waals surface area contributed by atoms with Crippen LogP contribution in [0.2, 0.25) is 0 Å². The Morgan fingerprint density at radius 1 is 0.804 bits per heavy atom. The Morgan fingerprint density at radius 3 is 1.69 bits per heavy atom. The van der Waals surface area contributed by atoms with Crippen molar-refractivity contribution in [3.8, 4) is 0 Å². The van der Waals surface area contributed by atoms with Gasteiger partial charge in [-0.3, -0.25) is 4.79 Å². The lowest BCUT2D eigenvalue weighted by Crippen LogP contribution is -2.51. The van der Waals surface area contributed by atoms with Crippen molar-refractivity contribution < 1.29 is 52.8 Å². The van der Waals surface area contributed by atoms with Crippen LogP contribution in [0.15, 0.2) is 67.0 Å². The molecule has 3 amide bonds. The van der Waals surface area contributed by atoms with Crippen LogP contribution in [0.5, 0.6) is 0 Å². The van der Waals surface area contributed by atoms with Gasteiger partial charge in [-0.05, 0) is 23.0 Å². The number of aromatic nitrogens is 3. The van der Waals surface area contributed by atoms with Gasteiger partial charge in [-0.25, -0.2) is 28.8 Å². The number of benzene rings is 2. The number of nitrogens with one attached hydrogen (secondary N) is 2. The Kier molecular flexibility index (Phi) is 13.4. The second kappa shape index (κ2) is 17.9. The number of rotatable bonds is 15. The monoisotopic (exact) mass is 710 g/mol. The molecule has 1 aliphatic rings. The molecular weight excluding hydrogens is 668 g/mol. The van der Waals surface area contributed by atoms with Crippen LogP contribution in [0.1, 0.15) is 55.7 Å². The van der Waals surface area contributed by atoms with E-state index in [2.05, 4.69) is 20.7 Å². The van der Waals surface area contributed by atoms with E-state index in [1.807, 2.05) is 12.1 Å². The van der Waals surface area contributed by atoms with E-state index in [4.69, 9.17) is 29.4 Å². The highest BCUT2D eigenvalue weighted by molar-refractivity contribution is 5.88. The van der Waals surface area contributed by atoms with Gasteiger partial charge in [-0.1, -0.05) is 88.4 Å². The highest BCUT2D eigenvalue weighted by Crippen LogP contribution is 2.34. The van der Waals surface area contributed by atoms with E-state index in [1.54, 1.807) is 76.2 Å². The zero-order valence-corrected chi connectivity index (χ0v) is 28.5. The number of hydrogen-bond donors (Lipinski definition) is 4. The molecule has 0 aliphatic carbocycles. The van der Waals surface area contributed by atoms with Gasteiger partial charge in [-0.2, -0.15) is 0 Å². The normalized spacial score (nSPS) is 19.5. The number of hydrogen-bond acceptors (Lipinski definition) is 13. The van der Waals surface area contributed by atoms with Crippen molar-refractivity contribution >= 4 is 30.0 Å². The van der Waals surface area contributed by atoms with E-state index in [9.17, 15) is 29.1 Å². The molecule has 17 heteroatoms. The number of primary amides is 1. The van der Waals surface area contributed by atoms with E-state index in [0.29, 0.717) is 0 Å². The summed E-state index contributed by atoms with van der Waals surface area (Å²) in [6, 6.07) is 15.3. The summed E-state index contributed by atoms with van der Waals surface area (Å²) in [7, 11) is 0. The molecule has 17 nitrogen and oxygen atoms in total. The fourth-order valence-electron chi connectivity index (χ4n) is 5.04. The predicted octanol–water partition coefficient (Wildman–Crippen LogP) is 1.99. The molecule has 0 radical (unpaired) electrons. The Labute approximate surface area is 293 Å². The number of nitrogens with zero attached hydrogens (tertiary/aromatic N) is 3. The maximum absolute atomic E-state index is 13.7. The molecule has 1 saturated heterocycles. The summed E-state index contributed by atoms with van der Waals surface area (Å²) in [4.78, 5) is 68.3. The van der Waals surface area contributed by atoms with Gasteiger partial charge in [0.1, 0.15) is 37.7 Å². The molecule has 274 valence electrons. The number of amides is 3. The fourth-order valence-corrected chi connectivity index (χ4v) is 5.04. The first kappa shape index (κ1) is 38.3. The number of carbonyl (C=O) groups excluding carboxylic acids is 5. The topological polar surface area (TPSA) is 233 Å². The van der Waals surface area contributed by atoms with Crippen molar-refractivity contribution in [1.29, 1.82) is 0 Å². The second-order valence-corrected chi connectivity index (χ2v) is 12.3. The first-order chi connectivity index (χ1) is 24.4. The lowest BCUT2D eigenvalue weighted by molar-refractivity contribution is -0.172. The molecule has 51 heavy (non-hydrogen) atoms. The number of aliphatic hydroxyl groups is 1. The molecule has 6 atom stereocenters. The van der Waals surface area contributed by atoms with Crippen LogP contribution in [-0.4, -0.2) is 86.9 Å². The van der Waals surface area contributed by atoms with Crippen molar-refractivity contribution in [2.45, 2.75) is 77.5 Å². The number of esters is 2. The summed E-state index contributed by atoms with van der Waals surface area (Å²) in [5.41, 5.74) is 6.77. The summed E-state index contributed by atoms with van der Waals surface area (Å²) >= 11 is 0. The molecule has 6 unspecified atom stereocenters. The molecule has 1 aliphatic heterocycles. The predicted molar refractivity (Wildman–Crippen MR) is 176 cm³/mol. The highest BCUT2D eigenvalue weighted by Gasteiger charge is 2.52. The summed E-state index contributed by atoms with van der Waals surface area (Å²) in [6.45, 7) is 5.82. The molecule has 0 spiro atoms. The standard InChI is InChI=1S/C34H42N6O11/c1-19(2)24(37-33(45)47-16-21-11-7-5-8-12-21)31(43)50-26-23(15-41)49-30(40-18-36-29(39-40)28(35)42)27(26)51-32(44)25(20(3)4)38-34(46)48-17-22-13-9-6-10-14-22/h5-14,18-20,23-27,30,41H,15-17H2,1-4H3,(H2,35,42)(H,37,45)(H,38,46). The van der Waals surface area contributed by atoms with Crippen molar-refractivity contribution in [3.63, 3.8) is 0 Å². The Hall–Kier alpha value is -5.55. The molecule has 5 N–H and O–H groups in total. The van der Waals surface area contributed by atoms with Crippen LogP contribution < -0.4 is 16.4 Å². The molecule has 4 rings (SSSR count). The number of carbonyl (C=O) groups is 5. The van der Waals surface area contributed by atoms with Gasteiger partial charge < -0.3 is 45.2 Å². The van der Waals surface area contributed by atoms with E-state index >= 15 is 0 Å². The minimum Gasteiger partial charge on any atom is -0.454 e. The summed E-state index contributed by atoms with van der Waals surface area (Å²) in [6.07, 6.45) is -6.34. The minimum absolute atomic E-state index is 0.0503. The van der Waals surface area contributed by atoms with E-state index in [0.717, 1.165) is 22.1 Å². The largest absolute Gasteiger partial charge is 0.454 e. The first-order valence-corrected chi connectivity index (χ1v) is 16.2. The smallest absolute Gasteiger partial charge is 0.408 e. The van der Waals surface area contributed by atoms with Crippen LogP contribution in [0.3, 0.4) is 0 Å². The van der Waals surface area contributed by atoms with Gasteiger partial charge >= 0.3 is 24.1 Å². The quantitative estimate of drug-likeness (QED) is 0.131. The summed E-state index contributed by atoms with van der Waals surface area (Å²) < 4.78 is 29.1. The molecule has 3 aromatic rings. The Balaban J connectivity index is 1.53. The fraction of sp³-hybridized carbons (Fsp3) is 0.441. The van der Waals surface area contributed by atoms with Crippen LogP contribution in [0, 0.1) is 11.8 Å². The lowest BCUT2D eigenvalue weighted by atomic mass is 10.0. The van der Waals surface area contributed by atoms with E-state index in [-0.39, 0.29) is 19.0 Å². The van der Waals surface area contributed by atoms with Crippen molar-refractivity contribution in [3.05, 3.63) is 83.9 Å². The lowest BCUT2D eigenvalue weighted by Gasteiger charge is -2.29. The molecule has 0 saturated carbocycles. The highest BCUT2D eigenvalue weighted by atomic mass is 16.7. The van der Waals surface area contributed by atoms with Crippen molar-refractivity contribution in [2.24, 2.45) is 17.6 Å². The minimum atomic E-state index is -1.51. The summed E-state index contributed by atoms with van der Waals surface area (Å²) in [5, 5.41) is 19.3. The van der Waals surface area contributed by atoms with Gasteiger partial charge in [0.15, 0.2) is 18.4 Å². The molecule has 2 aromatic carbocycles. The number of ether oxygens (including phenoxy) is 5. The van der Waals surface area contributed by atoms with Gasteiger partial charge in [0.25, 0.3) is 5.91 Å². The average molecular weight is 711 g/mol. The Morgan fingerprint density at radius 2 is 1.27 bits per heavy atom. The third-order valence-electron chi connectivity index (χ3n) is 7.77. The Bertz CT molecular complexity index is 1640. The van der Waals surface area contributed by atoms with E-state index < -0.39 is 85.1 Å². The molecule has 1 fully saturated rings. The zero-order valence-electron chi connectivity index (χ0n) is 28.5. The average Bonchev–Trinajstić information content (AvgIpc) is 3.73. The SMILES string of the molecule is CC(C)C(NC(=O)OCc1ccccc1)C(=O)OC1C(CO)OC(n2cnc(C(N)=O)n2)C1OC(=O)C(NC(=O)OCc1ccccc1)C(C)C. The van der Waals surface area contributed by atoms with Crippen molar-refractivity contribution in [1.82, 2.24) is 25.4 Å². The van der Waals surface area contributed by atoms with Gasteiger partial charge in [0.2, 0.25) is 5.82 Å². The van der Waals surface area contributed by atoms with Gasteiger partial charge in [0, 0.05) is 0 Å². The number of nitrogens with two attached hydrogens (primary N) is 1. The summed E-state index contributed by atoms with van der Waals surface area (Å²) in [5.74, 6) is -4.26. The number of aliphatic hydroxyl groups excluding tert-OH is 1. The third kappa shape index (κ3) is 10.5. The zero-order chi connectivity index (χ0) is 37.1. The number of alkyl carbamates (subject to hydrolysis) is 2. The van der Waals surface area contributed by atoms with Crippen LogP contribution in [-0.2, 0) is 46.5 Å². The third-order valence-corrected chi connectivity index (χ3v) is 7.77. The van der Waals surface area contributed by atoms with Crippen LogP contribution in [0.25, 0.3) is 0 Å². The van der Waals surface area contributed by atoms with Crippen LogP contribution >= 0.6 is 0 Å². The molecule has 0 bridgehead atoms.